The SMILES string of the molecule is COc1cc(-c2nc3ccccc3c(=O)n2N=Cc2cc(Br)ccc2OC(=O)/C=C/c2ccc([N+](=O)[O-])cc2)cc(OC)c1OC. The topological polar surface area (TPSA) is 144 Å². The number of carbonyl (C=O) groups is 1. The Labute approximate surface area is 270 Å². The van der Waals surface area contributed by atoms with Crippen molar-refractivity contribution in [3.05, 3.63) is 121 Å². The summed E-state index contributed by atoms with van der Waals surface area (Å²) in [6.07, 6.45) is 4.06. The van der Waals surface area contributed by atoms with E-state index in [-0.39, 0.29) is 17.3 Å². The molecule has 1 heterocycles. The molecule has 0 bridgehead atoms. The van der Waals surface area contributed by atoms with Crippen molar-refractivity contribution in [3.8, 4) is 34.4 Å². The van der Waals surface area contributed by atoms with Crippen LogP contribution in [0.1, 0.15) is 11.1 Å². The maximum Gasteiger partial charge on any atom is 0.336 e. The van der Waals surface area contributed by atoms with Crippen molar-refractivity contribution < 1.29 is 28.7 Å². The van der Waals surface area contributed by atoms with E-state index in [2.05, 4.69) is 21.0 Å². The molecule has 0 saturated carbocycles. The number of esters is 1. The third-order valence-corrected chi connectivity index (χ3v) is 7.18. The van der Waals surface area contributed by atoms with Gasteiger partial charge in [-0.15, -0.1) is 0 Å². The van der Waals surface area contributed by atoms with E-state index >= 15 is 0 Å². The van der Waals surface area contributed by atoms with Crippen LogP contribution in [0.2, 0.25) is 0 Å². The van der Waals surface area contributed by atoms with E-state index in [1.165, 1.54) is 64.0 Å². The average molecular weight is 685 g/mol. The predicted octanol–water partition coefficient (Wildman–Crippen LogP) is 6.26. The Hall–Kier alpha value is -5.82. The molecule has 0 spiro atoms. The number of rotatable bonds is 10. The number of nitro benzene ring substituents is 1. The second-order valence-electron chi connectivity index (χ2n) is 9.51. The lowest BCUT2D eigenvalue weighted by molar-refractivity contribution is -0.384. The standard InChI is InChI=1S/C33H25BrN4O8/c1-43-28-17-21(18-29(44-2)31(28)45-3)32-36-26-7-5-4-6-25(26)33(40)37(32)35-19-22-16-23(34)11-14-27(22)46-30(39)15-10-20-8-12-24(13-9-20)38(41)42/h4-19H,1-3H3/b15-10+,35-19?. The first-order chi connectivity index (χ1) is 22.2. The van der Waals surface area contributed by atoms with Gasteiger partial charge in [0.15, 0.2) is 17.3 Å². The number of nitrogens with zero attached hydrogens (tertiary/aromatic N) is 4. The minimum atomic E-state index is -0.696. The lowest BCUT2D eigenvalue weighted by Gasteiger charge is -2.15. The molecular weight excluding hydrogens is 660 g/mol. The number of benzene rings is 4. The molecule has 13 heteroatoms. The van der Waals surface area contributed by atoms with Gasteiger partial charge in [-0.05, 0) is 66.2 Å². The average Bonchev–Trinajstić information content (AvgIpc) is 3.07. The number of hydrogen-bond acceptors (Lipinski definition) is 10. The van der Waals surface area contributed by atoms with Gasteiger partial charge in [0, 0.05) is 33.8 Å². The minimum Gasteiger partial charge on any atom is -0.493 e. The molecule has 12 nitrogen and oxygen atoms in total. The number of carbonyl (C=O) groups excluding carboxylic acids is 1. The van der Waals surface area contributed by atoms with E-state index in [1.54, 1.807) is 54.6 Å². The highest BCUT2D eigenvalue weighted by molar-refractivity contribution is 9.10. The van der Waals surface area contributed by atoms with E-state index in [4.69, 9.17) is 23.9 Å². The number of halogens is 1. The Morgan fingerprint density at radius 2 is 1.63 bits per heavy atom. The second-order valence-corrected chi connectivity index (χ2v) is 10.4. The fourth-order valence-corrected chi connectivity index (χ4v) is 4.85. The Bertz CT molecular complexity index is 2050. The summed E-state index contributed by atoms with van der Waals surface area (Å²) >= 11 is 3.42. The number of ether oxygens (including phenoxy) is 4. The number of fused-ring (bicyclic) bond motifs is 1. The van der Waals surface area contributed by atoms with Gasteiger partial charge in [-0.25, -0.2) is 9.78 Å². The molecule has 0 atom stereocenters. The zero-order valence-electron chi connectivity index (χ0n) is 24.7. The lowest BCUT2D eigenvalue weighted by Crippen LogP contribution is -2.20. The van der Waals surface area contributed by atoms with Gasteiger partial charge in [-0.2, -0.15) is 9.78 Å². The zero-order chi connectivity index (χ0) is 32.8. The third-order valence-electron chi connectivity index (χ3n) is 6.69. The number of nitro groups is 1. The smallest absolute Gasteiger partial charge is 0.336 e. The first-order valence-corrected chi connectivity index (χ1v) is 14.3. The van der Waals surface area contributed by atoms with E-state index in [0.29, 0.717) is 49.3 Å². The highest BCUT2D eigenvalue weighted by Crippen LogP contribution is 2.41. The number of non-ortho nitro benzene ring substituents is 1. The molecule has 232 valence electrons. The van der Waals surface area contributed by atoms with E-state index in [0.717, 1.165) is 4.68 Å². The quantitative estimate of drug-likeness (QED) is 0.0415. The van der Waals surface area contributed by atoms with E-state index in [9.17, 15) is 19.7 Å². The largest absolute Gasteiger partial charge is 0.493 e. The molecule has 46 heavy (non-hydrogen) atoms. The van der Waals surface area contributed by atoms with Crippen LogP contribution in [-0.4, -0.2) is 48.1 Å². The molecule has 4 aromatic carbocycles. The molecule has 0 N–H and O–H groups in total. The molecule has 0 aliphatic carbocycles. The summed E-state index contributed by atoms with van der Waals surface area (Å²) in [7, 11) is 4.46. The summed E-state index contributed by atoms with van der Waals surface area (Å²) in [6, 6.07) is 20.8. The summed E-state index contributed by atoms with van der Waals surface area (Å²) in [5.41, 5.74) is 1.37. The van der Waals surface area contributed by atoms with Crippen LogP contribution in [0.25, 0.3) is 28.4 Å². The van der Waals surface area contributed by atoms with Crippen molar-refractivity contribution in [3.63, 3.8) is 0 Å². The van der Waals surface area contributed by atoms with Crippen LogP contribution < -0.4 is 24.5 Å². The fraction of sp³-hybridized carbons (Fsp3) is 0.0909. The van der Waals surface area contributed by atoms with Gasteiger partial charge >= 0.3 is 5.97 Å². The van der Waals surface area contributed by atoms with Gasteiger partial charge in [-0.3, -0.25) is 14.9 Å². The van der Waals surface area contributed by atoms with Crippen molar-refractivity contribution in [1.29, 1.82) is 0 Å². The zero-order valence-corrected chi connectivity index (χ0v) is 26.3. The Balaban J connectivity index is 1.54. The van der Waals surface area contributed by atoms with Gasteiger partial charge < -0.3 is 18.9 Å². The first-order valence-electron chi connectivity index (χ1n) is 13.5. The fourth-order valence-electron chi connectivity index (χ4n) is 4.47. The number of methoxy groups -OCH3 is 3. The number of para-hydroxylation sites is 1. The summed E-state index contributed by atoms with van der Waals surface area (Å²) in [5.74, 6) is 0.754. The molecule has 0 aliphatic rings. The molecule has 0 fully saturated rings. The molecular formula is C33H25BrN4O8. The highest BCUT2D eigenvalue weighted by Gasteiger charge is 2.19. The van der Waals surface area contributed by atoms with Crippen molar-refractivity contribution in [1.82, 2.24) is 9.66 Å². The van der Waals surface area contributed by atoms with Crippen LogP contribution >= 0.6 is 15.9 Å². The Kier molecular flexibility index (Phi) is 9.53. The molecule has 0 amide bonds. The molecule has 5 aromatic rings. The second kappa shape index (κ2) is 13.9. The normalized spacial score (nSPS) is 11.2. The predicted molar refractivity (Wildman–Crippen MR) is 176 cm³/mol. The molecule has 0 radical (unpaired) electrons. The van der Waals surface area contributed by atoms with Crippen LogP contribution in [0.4, 0.5) is 5.69 Å². The van der Waals surface area contributed by atoms with Crippen LogP contribution in [-0.2, 0) is 4.79 Å². The minimum absolute atomic E-state index is 0.0624. The number of hydrogen-bond donors (Lipinski definition) is 0. The van der Waals surface area contributed by atoms with Gasteiger partial charge in [0.2, 0.25) is 5.75 Å². The Morgan fingerprint density at radius 3 is 2.28 bits per heavy atom. The molecule has 0 saturated heterocycles. The number of aromatic nitrogens is 2. The maximum atomic E-state index is 13.8. The lowest BCUT2D eigenvalue weighted by atomic mass is 10.1. The van der Waals surface area contributed by atoms with Gasteiger partial charge in [0.05, 0.1) is 43.4 Å². The monoisotopic (exact) mass is 684 g/mol. The summed E-state index contributed by atoms with van der Waals surface area (Å²) in [6.45, 7) is 0. The summed E-state index contributed by atoms with van der Waals surface area (Å²) in [4.78, 5) is 41.6. The Morgan fingerprint density at radius 1 is 0.935 bits per heavy atom. The van der Waals surface area contributed by atoms with Gasteiger partial charge in [-0.1, -0.05) is 28.1 Å². The molecule has 1 aromatic heterocycles. The summed E-state index contributed by atoms with van der Waals surface area (Å²) < 4.78 is 23.9. The van der Waals surface area contributed by atoms with Gasteiger partial charge in [0.1, 0.15) is 5.75 Å². The third kappa shape index (κ3) is 6.79. The maximum absolute atomic E-state index is 13.8. The van der Waals surface area contributed by atoms with Crippen molar-refractivity contribution in [2.75, 3.05) is 21.3 Å². The van der Waals surface area contributed by atoms with Gasteiger partial charge in [0.25, 0.3) is 11.2 Å². The van der Waals surface area contributed by atoms with Crippen molar-refractivity contribution in [2.45, 2.75) is 0 Å². The highest BCUT2D eigenvalue weighted by atomic mass is 79.9. The van der Waals surface area contributed by atoms with E-state index < -0.39 is 16.5 Å². The van der Waals surface area contributed by atoms with E-state index in [1.807, 2.05) is 0 Å². The molecule has 5 rings (SSSR count). The van der Waals surface area contributed by atoms with Crippen molar-refractivity contribution >= 4 is 50.8 Å². The van der Waals surface area contributed by atoms with Crippen LogP contribution in [0, 0.1) is 10.1 Å². The summed E-state index contributed by atoms with van der Waals surface area (Å²) in [5, 5.41) is 15.7. The van der Waals surface area contributed by atoms with Crippen LogP contribution in [0.15, 0.2) is 99.3 Å². The van der Waals surface area contributed by atoms with Crippen LogP contribution in [0.5, 0.6) is 23.0 Å². The van der Waals surface area contributed by atoms with Crippen molar-refractivity contribution in [2.24, 2.45) is 5.10 Å². The molecule has 0 aliphatic heterocycles. The first kappa shape index (κ1) is 31.6. The van der Waals surface area contributed by atoms with Crippen LogP contribution in [0.3, 0.4) is 0 Å². The molecule has 0 unspecified atom stereocenters.